The lowest BCUT2D eigenvalue weighted by Gasteiger charge is -2.36. The minimum atomic E-state index is -1.07. The van der Waals surface area contributed by atoms with Crippen LogP contribution in [0, 0.1) is 23.2 Å². The molecule has 1 aliphatic rings. The highest BCUT2D eigenvalue weighted by molar-refractivity contribution is 6.37. The Morgan fingerprint density at radius 3 is 2.30 bits per heavy atom. The van der Waals surface area contributed by atoms with Crippen LogP contribution in [-0.4, -0.2) is 90.1 Å². The number of urea groups is 1. The highest BCUT2D eigenvalue weighted by Crippen LogP contribution is 2.31. The van der Waals surface area contributed by atoms with Crippen molar-refractivity contribution in [2.24, 2.45) is 23.2 Å². The summed E-state index contributed by atoms with van der Waals surface area (Å²) in [7, 11) is 1.44. The van der Waals surface area contributed by atoms with E-state index in [1.165, 1.54) is 24.2 Å². The number of aromatic nitrogens is 1. The van der Waals surface area contributed by atoms with Crippen molar-refractivity contribution in [2.75, 3.05) is 26.7 Å². The van der Waals surface area contributed by atoms with Crippen molar-refractivity contribution in [3.8, 4) is 5.88 Å². The first-order valence-electron chi connectivity index (χ1n) is 15.6. The fraction of sp³-hybridized carbons (Fsp3) is 0.606. The van der Waals surface area contributed by atoms with Crippen molar-refractivity contribution in [3.05, 3.63) is 36.5 Å². The molecule has 254 valence electrons. The third kappa shape index (κ3) is 10.7. The Bertz CT molecular complexity index is 1290. The van der Waals surface area contributed by atoms with Crippen LogP contribution in [0.15, 0.2) is 30.9 Å². The summed E-state index contributed by atoms with van der Waals surface area (Å²) in [6.45, 7) is 16.4. The lowest BCUT2D eigenvalue weighted by molar-refractivity contribution is -0.142. The second kappa shape index (κ2) is 16.9. The fourth-order valence-corrected chi connectivity index (χ4v) is 5.37. The van der Waals surface area contributed by atoms with Crippen molar-refractivity contribution in [2.45, 2.75) is 79.4 Å². The number of Topliss-reactive ketones (excluding diaryl/α,β-unsaturated/α-hetero) is 2. The van der Waals surface area contributed by atoms with Crippen molar-refractivity contribution in [1.82, 2.24) is 31.2 Å². The van der Waals surface area contributed by atoms with Gasteiger partial charge >= 0.3 is 6.03 Å². The van der Waals surface area contributed by atoms with Crippen molar-refractivity contribution >= 4 is 35.3 Å². The zero-order valence-electron chi connectivity index (χ0n) is 28.3. The summed E-state index contributed by atoms with van der Waals surface area (Å²) < 4.78 is 5.13. The number of likely N-dealkylation sites (tertiary alicyclic amines) is 1. The van der Waals surface area contributed by atoms with Gasteiger partial charge in [-0.25, -0.2) is 9.78 Å². The van der Waals surface area contributed by atoms with Crippen LogP contribution in [0.2, 0.25) is 0 Å². The monoisotopic (exact) mass is 642 g/mol. The molecule has 1 aliphatic heterocycles. The molecule has 0 bridgehead atoms. The van der Waals surface area contributed by atoms with Crippen LogP contribution in [0.4, 0.5) is 4.79 Å². The lowest BCUT2D eigenvalue weighted by Crippen LogP contribution is -2.60. The zero-order chi connectivity index (χ0) is 34.8. The summed E-state index contributed by atoms with van der Waals surface area (Å²) in [5, 5.41) is 10.4. The van der Waals surface area contributed by atoms with Gasteiger partial charge in [0, 0.05) is 19.2 Å². The van der Waals surface area contributed by atoms with Crippen LogP contribution < -0.4 is 26.0 Å². The van der Waals surface area contributed by atoms with Crippen molar-refractivity contribution in [3.63, 3.8) is 0 Å². The molecule has 1 fully saturated rings. The molecule has 0 aliphatic carbocycles. The molecule has 5 amide bonds. The van der Waals surface area contributed by atoms with E-state index in [4.69, 9.17) is 4.74 Å². The van der Waals surface area contributed by atoms with Gasteiger partial charge in [0.05, 0.1) is 19.7 Å². The standard InChI is InChI=1S/C33H50N6O7/c1-10-14-34-30(43)24(40)17-35-29(42)23-16-21(15-19(2)3)18-39(23)31(44)28(33(6,7)8)38-32(45)37-26(20(4)5)27(41)22-12-11-13-25(36-22)46-9/h10-13,19-21,23,26,28H,1,14-18H2,2-9H3,(H,34,43)(H,35,42)(H2,37,38,45)/t21-,23+,26+,28-/m1/s1. The molecule has 1 aromatic heterocycles. The number of ketones is 2. The van der Waals surface area contributed by atoms with Crippen LogP contribution >= 0.6 is 0 Å². The molecular formula is C33H50N6O7. The first-order chi connectivity index (χ1) is 21.5. The normalized spacial score (nSPS) is 17.6. The van der Waals surface area contributed by atoms with Gasteiger partial charge in [0.2, 0.25) is 29.3 Å². The molecule has 0 unspecified atom stereocenters. The van der Waals surface area contributed by atoms with Gasteiger partial charge in [-0.2, -0.15) is 0 Å². The predicted octanol–water partition coefficient (Wildman–Crippen LogP) is 2.26. The molecule has 13 nitrogen and oxygen atoms in total. The molecule has 0 saturated carbocycles. The maximum atomic E-state index is 14.2. The number of hydrogen-bond acceptors (Lipinski definition) is 8. The fourth-order valence-electron chi connectivity index (χ4n) is 5.37. The van der Waals surface area contributed by atoms with Crippen molar-refractivity contribution in [1.29, 1.82) is 0 Å². The number of pyridine rings is 1. The second-order valence-corrected chi connectivity index (χ2v) is 13.4. The quantitative estimate of drug-likeness (QED) is 0.128. The smallest absolute Gasteiger partial charge is 0.316 e. The number of hydrogen-bond donors (Lipinski definition) is 4. The van der Waals surface area contributed by atoms with Gasteiger partial charge in [-0.1, -0.05) is 60.6 Å². The molecule has 1 saturated heterocycles. The number of nitrogens with zero attached hydrogens (tertiary/aromatic N) is 2. The highest BCUT2D eigenvalue weighted by atomic mass is 16.5. The minimum absolute atomic E-state index is 0.0130. The molecule has 1 aromatic rings. The predicted molar refractivity (Wildman–Crippen MR) is 173 cm³/mol. The summed E-state index contributed by atoms with van der Waals surface area (Å²) >= 11 is 0. The summed E-state index contributed by atoms with van der Waals surface area (Å²) in [5.41, 5.74) is -0.656. The number of amides is 5. The first-order valence-corrected chi connectivity index (χ1v) is 15.6. The van der Waals surface area contributed by atoms with Crippen LogP contribution in [0.3, 0.4) is 0 Å². The molecule has 0 spiro atoms. The van der Waals surface area contributed by atoms with Crippen LogP contribution in [0.25, 0.3) is 0 Å². The van der Waals surface area contributed by atoms with Gasteiger partial charge in [0.15, 0.2) is 0 Å². The number of methoxy groups -OCH3 is 1. The SMILES string of the molecule is C=CCNC(=O)C(=O)CNC(=O)[C@@H]1C[C@@H](CC(C)C)CN1C(=O)[C@@H](NC(=O)N[C@H](C(=O)c1cccc(OC)n1)C(C)C)C(C)(C)C. The van der Waals surface area contributed by atoms with E-state index < -0.39 is 65.4 Å². The van der Waals surface area contributed by atoms with Gasteiger partial charge in [0.25, 0.3) is 5.91 Å². The maximum absolute atomic E-state index is 14.2. The first kappa shape index (κ1) is 37.9. The van der Waals surface area contributed by atoms with Gasteiger partial charge in [-0.15, -0.1) is 6.58 Å². The van der Waals surface area contributed by atoms with E-state index in [9.17, 15) is 28.8 Å². The molecule has 0 aromatic carbocycles. The summed E-state index contributed by atoms with van der Waals surface area (Å²) in [5.74, 6) is -2.83. The Kier molecular flexibility index (Phi) is 13.9. The van der Waals surface area contributed by atoms with Crippen molar-refractivity contribution < 1.29 is 33.5 Å². The van der Waals surface area contributed by atoms with E-state index in [0.717, 1.165) is 6.42 Å². The number of ether oxygens (including phenoxy) is 1. The minimum Gasteiger partial charge on any atom is -0.481 e. The van der Waals surface area contributed by atoms with E-state index in [-0.39, 0.29) is 36.5 Å². The topological polar surface area (TPSA) is 176 Å². The maximum Gasteiger partial charge on any atom is 0.316 e. The highest BCUT2D eigenvalue weighted by Gasteiger charge is 2.45. The number of nitrogens with one attached hydrogen (secondary N) is 4. The van der Waals surface area contributed by atoms with E-state index in [2.05, 4.69) is 46.7 Å². The van der Waals surface area contributed by atoms with Crippen LogP contribution in [0.1, 0.15) is 71.8 Å². The molecule has 4 N–H and O–H groups in total. The second-order valence-electron chi connectivity index (χ2n) is 13.4. The molecule has 4 atom stereocenters. The average molecular weight is 643 g/mol. The lowest BCUT2D eigenvalue weighted by atomic mass is 9.85. The number of carbonyl (C=O) groups excluding carboxylic acids is 6. The zero-order valence-corrected chi connectivity index (χ0v) is 28.3. The molecule has 46 heavy (non-hydrogen) atoms. The molecule has 2 rings (SSSR count). The molecule has 13 heteroatoms. The van der Waals surface area contributed by atoms with E-state index >= 15 is 0 Å². The Labute approximate surface area is 271 Å². The van der Waals surface area contributed by atoms with Gasteiger partial charge in [-0.3, -0.25) is 24.0 Å². The van der Waals surface area contributed by atoms with Crippen LogP contribution in [0.5, 0.6) is 5.88 Å². The molecule has 0 radical (unpaired) electrons. The number of carbonyl (C=O) groups is 6. The molecule has 2 heterocycles. The Hall–Kier alpha value is -4.29. The largest absolute Gasteiger partial charge is 0.481 e. The Morgan fingerprint density at radius 1 is 1.07 bits per heavy atom. The van der Waals surface area contributed by atoms with E-state index in [0.29, 0.717) is 12.3 Å². The van der Waals surface area contributed by atoms with Gasteiger partial charge in [0.1, 0.15) is 17.8 Å². The van der Waals surface area contributed by atoms with E-state index in [1.54, 1.807) is 46.8 Å². The Morgan fingerprint density at radius 2 is 1.74 bits per heavy atom. The van der Waals surface area contributed by atoms with Gasteiger partial charge < -0.3 is 30.9 Å². The molecular weight excluding hydrogens is 592 g/mol. The average Bonchev–Trinajstić information content (AvgIpc) is 3.41. The van der Waals surface area contributed by atoms with Gasteiger partial charge in [-0.05, 0) is 42.1 Å². The summed E-state index contributed by atoms with van der Waals surface area (Å²) in [4.78, 5) is 84.0. The third-order valence-corrected chi connectivity index (χ3v) is 7.67. The third-order valence-electron chi connectivity index (χ3n) is 7.67. The summed E-state index contributed by atoms with van der Waals surface area (Å²) in [6, 6.07) is 1.14. The van der Waals surface area contributed by atoms with E-state index in [1.807, 2.05) is 0 Å². The van der Waals surface area contributed by atoms with Crippen LogP contribution in [-0.2, 0) is 19.2 Å². The number of rotatable bonds is 15. The summed E-state index contributed by atoms with van der Waals surface area (Å²) in [6.07, 6.45) is 2.56. The Balaban J connectivity index is 2.26.